The Hall–Kier alpha value is -0.660. The van der Waals surface area contributed by atoms with Crippen LogP contribution in [0, 0.1) is 10.8 Å². The first-order valence-corrected chi connectivity index (χ1v) is 3.72. The molecule has 0 bridgehead atoms. The highest BCUT2D eigenvalue weighted by Crippen LogP contribution is 2.24. The molecular weight excluding hydrogens is 126 g/mol. The van der Waals surface area contributed by atoms with E-state index in [1.54, 1.807) is 0 Å². The van der Waals surface area contributed by atoms with Gasteiger partial charge in [0.25, 0.3) is 0 Å². The predicted octanol–water partition coefficient (Wildman–Crippen LogP) is 2.50. The second-order valence-corrected chi connectivity index (χ2v) is 3.23. The van der Waals surface area contributed by atoms with Crippen LogP contribution in [0.2, 0.25) is 0 Å². The number of nitroso groups, excluding NO2 is 1. The highest BCUT2D eigenvalue weighted by molar-refractivity contribution is 5.09. The van der Waals surface area contributed by atoms with Crippen LogP contribution < -0.4 is 0 Å². The topological polar surface area (TPSA) is 29.4 Å². The lowest BCUT2D eigenvalue weighted by Crippen LogP contribution is -2.13. The van der Waals surface area contributed by atoms with Gasteiger partial charge in [-0.1, -0.05) is 23.7 Å². The maximum atomic E-state index is 10.2. The van der Waals surface area contributed by atoms with Crippen molar-refractivity contribution < 1.29 is 0 Å². The Labute approximate surface area is 61.3 Å². The van der Waals surface area contributed by atoms with Gasteiger partial charge in [-0.3, -0.25) is 0 Å². The number of nitrogens with zero attached hydrogens (tertiary/aromatic N) is 1. The van der Waals surface area contributed by atoms with Crippen molar-refractivity contribution in [3.63, 3.8) is 0 Å². The van der Waals surface area contributed by atoms with Crippen LogP contribution in [0.3, 0.4) is 0 Å². The van der Waals surface area contributed by atoms with E-state index in [1.165, 1.54) is 5.57 Å². The molecule has 1 aliphatic rings. The molecular formula is C8H13NO. The molecule has 0 aromatic heterocycles. The lowest BCUT2D eigenvalue weighted by molar-refractivity contribution is 0.472. The Morgan fingerprint density at radius 2 is 2.40 bits per heavy atom. The summed E-state index contributed by atoms with van der Waals surface area (Å²) in [5.41, 5.74) is 1.31. The molecule has 0 amide bonds. The Balaban J connectivity index is 2.63. The molecule has 0 N–H and O–H groups in total. The van der Waals surface area contributed by atoms with E-state index in [4.69, 9.17) is 0 Å². The summed E-state index contributed by atoms with van der Waals surface area (Å²) in [4.78, 5) is 10.2. The fourth-order valence-corrected chi connectivity index (χ4v) is 1.58. The van der Waals surface area contributed by atoms with E-state index in [9.17, 15) is 4.91 Å². The lowest BCUT2D eigenvalue weighted by Gasteiger charge is -2.19. The van der Waals surface area contributed by atoms with Crippen LogP contribution in [0.1, 0.15) is 26.7 Å². The van der Waals surface area contributed by atoms with Gasteiger partial charge >= 0.3 is 0 Å². The summed E-state index contributed by atoms with van der Waals surface area (Å²) < 4.78 is 0. The average Bonchev–Trinajstić information content (AvgIpc) is 1.85. The Kier molecular flexibility index (Phi) is 2.20. The van der Waals surface area contributed by atoms with Crippen LogP contribution in [-0.2, 0) is 0 Å². The van der Waals surface area contributed by atoms with Crippen LogP contribution in [0.15, 0.2) is 16.8 Å². The molecule has 1 rings (SSSR count). The van der Waals surface area contributed by atoms with Crippen molar-refractivity contribution in [2.45, 2.75) is 32.7 Å². The molecule has 2 heteroatoms. The number of hydrogen-bond donors (Lipinski definition) is 0. The van der Waals surface area contributed by atoms with Crippen molar-refractivity contribution in [1.82, 2.24) is 0 Å². The fourth-order valence-electron chi connectivity index (χ4n) is 1.58. The minimum atomic E-state index is -0.0521. The zero-order chi connectivity index (χ0) is 7.56. The maximum absolute atomic E-state index is 10.2. The van der Waals surface area contributed by atoms with Gasteiger partial charge in [0, 0.05) is 0 Å². The van der Waals surface area contributed by atoms with E-state index < -0.39 is 0 Å². The lowest BCUT2D eigenvalue weighted by atomic mass is 9.88. The molecule has 0 aromatic rings. The molecule has 0 spiro atoms. The second kappa shape index (κ2) is 2.95. The van der Waals surface area contributed by atoms with E-state index >= 15 is 0 Å². The van der Waals surface area contributed by atoms with Gasteiger partial charge in [-0.25, -0.2) is 0 Å². The molecule has 0 radical (unpaired) electrons. The molecule has 2 atom stereocenters. The Morgan fingerprint density at radius 1 is 1.70 bits per heavy atom. The fraction of sp³-hybridized carbons (Fsp3) is 0.750. The van der Waals surface area contributed by atoms with E-state index in [2.05, 4.69) is 19.0 Å². The molecule has 0 aliphatic heterocycles. The van der Waals surface area contributed by atoms with Gasteiger partial charge in [-0.15, -0.1) is 0 Å². The van der Waals surface area contributed by atoms with Gasteiger partial charge in [-0.05, 0) is 25.7 Å². The van der Waals surface area contributed by atoms with Gasteiger partial charge in [0.1, 0.15) is 6.04 Å². The molecule has 0 fully saturated rings. The van der Waals surface area contributed by atoms with Crippen molar-refractivity contribution >= 4 is 0 Å². The average molecular weight is 139 g/mol. The van der Waals surface area contributed by atoms with Crippen LogP contribution in [0.5, 0.6) is 0 Å². The normalized spacial score (nSPS) is 33.2. The molecule has 2 nitrogen and oxygen atoms in total. The van der Waals surface area contributed by atoms with Crippen molar-refractivity contribution in [1.29, 1.82) is 0 Å². The summed E-state index contributed by atoms with van der Waals surface area (Å²) in [6, 6.07) is -0.0521. The van der Waals surface area contributed by atoms with Crippen molar-refractivity contribution in [2.75, 3.05) is 0 Å². The number of rotatable bonds is 1. The first-order chi connectivity index (χ1) is 4.72. The van der Waals surface area contributed by atoms with E-state index in [-0.39, 0.29) is 6.04 Å². The first-order valence-electron chi connectivity index (χ1n) is 3.72. The van der Waals surface area contributed by atoms with Crippen LogP contribution in [-0.4, -0.2) is 6.04 Å². The highest BCUT2D eigenvalue weighted by Gasteiger charge is 2.16. The minimum Gasteiger partial charge on any atom is -0.150 e. The number of allylic oxidation sites excluding steroid dienone is 1. The van der Waals surface area contributed by atoms with Crippen molar-refractivity contribution in [3.05, 3.63) is 16.6 Å². The zero-order valence-corrected chi connectivity index (χ0v) is 6.50. The summed E-state index contributed by atoms with van der Waals surface area (Å²) in [6.07, 6.45) is 4.04. The second-order valence-electron chi connectivity index (χ2n) is 3.23. The molecule has 56 valence electrons. The SMILES string of the molecule is CC1=CC(N=O)CC(C)C1. The van der Waals surface area contributed by atoms with Crippen LogP contribution >= 0.6 is 0 Å². The maximum Gasteiger partial charge on any atom is 0.110 e. The third kappa shape index (κ3) is 1.66. The van der Waals surface area contributed by atoms with Crippen molar-refractivity contribution in [2.24, 2.45) is 11.1 Å². The van der Waals surface area contributed by atoms with Gasteiger partial charge in [0.05, 0.1) is 0 Å². The molecule has 2 unspecified atom stereocenters. The number of hydrogen-bond acceptors (Lipinski definition) is 2. The van der Waals surface area contributed by atoms with E-state index in [0.29, 0.717) is 5.92 Å². The molecule has 0 saturated carbocycles. The molecule has 10 heavy (non-hydrogen) atoms. The molecule has 0 saturated heterocycles. The third-order valence-corrected chi connectivity index (χ3v) is 1.93. The van der Waals surface area contributed by atoms with Gasteiger partial charge in [-0.2, -0.15) is 4.91 Å². The van der Waals surface area contributed by atoms with E-state index in [0.717, 1.165) is 12.8 Å². The molecule has 1 aliphatic carbocycles. The first kappa shape index (κ1) is 7.45. The standard InChI is InChI=1S/C8H13NO/c1-6-3-7(2)5-8(4-6)9-10/h4,7-8H,3,5H2,1-2H3. The minimum absolute atomic E-state index is 0.0521. The van der Waals surface area contributed by atoms with Gasteiger partial charge in [0.15, 0.2) is 0 Å². The van der Waals surface area contributed by atoms with Crippen LogP contribution in [0.4, 0.5) is 0 Å². The summed E-state index contributed by atoms with van der Waals surface area (Å²) in [5, 5.41) is 3.02. The summed E-state index contributed by atoms with van der Waals surface area (Å²) in [6.45, 7) is 4.22. The summed E-state index contributed by atoms with van der Waals surface area (Å²) in [7, 11) is 0. The quantitative estimate of drug-likeness (QED) is 0.405. The van der Waals surface area contributed by atoms with Crippen molar-refractivity contribution in [3.8, 4) is 0 Å². The Morgan fingerprint density at radius 3 is 2.90 bits per heavy atom. The van der Waals surface area contributed by atoms with Crippen LogP contribution in [0.25, 0.3) is 0 Å². The smallest absolute Gasteiger partial charge is 0.110 e. The van der Waals surface area contributed by atoms with E-state index in [1.807, 2.05) is 6.08 Å². The largest absolute Gasteiger partial charge is 0.150 e. The Bertz CT molecular complexity index is 163. The predicted molar refractivity (Wildman–Crippen MR) is 41.7 cm³/mol. The highest BCUT2D eigenvalue weighted by atomic mass is 16.3. The monoisotopic (exact) mass is 139 g/mol. The summed E-state index contributed by atoms with van der Waals surface area (Å²) >= 11 is 0. The van der Waals surface area contributed by atoms with Gasteiger partial charge < -0.3 is 0 Å². The molecule has 0 aromatic carbocycles. The van der Waals surface area contributed by atoms with Gasteiger partial charge in [0.2, 0.25) is 0 Å². The molecule has 0 heterocycles. The third-order valence-electron chi connectivity index (χ3n) is 1.93. The zero-order valence-electron chi connectivity index (χ0n) is 6.50. The summed E-state index contributed by atoms with van der Waals surface area (Å²) in [5.74, 6) is 0.632.